The molecule has 2 aliphatic rings. The second kappa shape index (κ2) is 6.56. The number of likely N-dealkylation sites (tertiary alicyclic amines) is 2. The largest absolute Gasteiger partial charge is 0.368 e. The quantitative estimate of drug-likeness (QED) is 0.913. The lowest BCUT2D eigenvalue weighted by Crippen LogP contribution is -2.51. The molecule has 22 heavy (non-hydrogen) atoms. The monoisotopic (exact) mass is 341 g/mol. The molecule has 0 aromatic carbocycles. The number of nitrogens with two attached hydrogens (primary N) is 1. The summed E-state index contributed by atoms with van der Waals surface area (Å²) in [6.07, 6.45) is 3.69. The molecule has 2 saturated heterocycles. The predicted molar refractivity (Wildman–Crippen MR) is 87.2 cm³/mol. The van der Waals surface area contributed by atoms with Gasteiger partial charge in [0.1, 0.15) is 0 Å². The number of carbonyl (C=O) groups is 2. The van der Waals surface area contributed by atoms with Gasteiger partial charge in [-0.15, -0.1) is 11.3 Å². The molecule has 7 heteroatoms. The third-order valence-corrected chi connectivity index (χ3v) is 5.85. The van der Waals surface area contributed by atoms with Crippen molar-refractivity contribution in [3.63, 3.8) is 0 Å². The van der Waals surface area contributed by atoms with E-state index in [1.54, 1.807) is 12.1 Å². The van der Waals surface area contributed by atoms with Crippen molar-refractivity contribution >= 4 is 34.8 Å². The van der Waals surface area contributed by atoms with Crippen LogP contribution < -0.4 is 5.73 Å². The molecule has 0 saturated carbocycles. The molecule has 0 radical (unpaired) electrons. The summed E-state index contributed by atoms with van der Waals surface area (Å²) in [6.45, 7) is 2.38. The Hall–Kier alpha value is -1.11. The van der Waals surface area contributed by atoms with Crippen LogP contribution in [0.3, 0.4) is 0 Å². The van der Waals surface area contributed by atoms with Crippen molar-refractivity contribution in [3.05, 3.63) is 21.3 Å². The van der Waals surface area contributed by atoms with E-state index in [4.69, 9.17) is 17.3 Å². The number of nitrogens with zero attached hydrogens (tertiary/aromatic N) is 2. The fourth-order valence-electron chi connectivity index (χ4n) is 3.52. The lowest BCUT2D eigenvalue weighted by molar-refractivity contribution is -0.123. The number of hydrogen-bond acceptors (Lipinski definition) is 4. The first-order valence-corrected chi connectivity index (χ1v) is 8.85. The number of piperidine rings is 1. The van der Waals surface area contributed by atoms with Crippen molar-refractivity contribution in [3.8, 4) is 0 Å². The number of amides is 2. The van der Waals surface area contributed by atoms with E-state index in [1.165, 1.54) is 11.3 Å². The Morgan fingerprint density at radius 2 is 1.91 bits per heavy atom. The molecule has 2 aliphatic heterocycles. The van der Waals surface area contributed by atoms with E-state index in [9.17, 15) is 9.59 Å². The smallest absolute Gasteiger partial charge is 0.263 e. The van der Waals surface area contributed by atoms with Crippen molar-refractivity contribution < 1.29 is 9.59 Å². The Morgan fingerprint density at radius 3 is 2.50 bits per heavy atom. The molecule has 3 rings (SSSR count). The third-order valence-electron chi connectivity index (χ3n) is 4.63. The lowest BCUT2D eigenvalue weighted by Gasteiger charge is -2.38. The van der Waals surface area contributed by atoms with Crippen molar-refractivity contribution in [1.82, 2.24) is 9.80 Å². The van der Waals surface area contributed by atoms with Crippen LogP contribution in [0.1, 0.15) is 35.4 Å². The summed E-state index contributed by atoms with van der Waals surface area (Å²) >= 11 is 7.22. The van der Waals surface area contributed by atoms with E-state index in [-0.39, 0.29) is 17.9 Å². The highest BCUT2D eigenvalue weighted by Gasteiger charge is 2.36. The van der Waals surface area contributed by atoms with Gasteiger partial charge < -0.3 is 10.6 Å². The average molecular weight is 342 g/mol. The molecule has 2 N–H and O–H groups in total. The molecule has 1 aromatic heterocycles. The van der Waals surface area contributed by atoms with Gasteiger partial charge in [-0.2, -0.15) is 0 Å². The summed E-state index contributed by atoms with van der Waals surface area (Å²) in [4.78, 5) is 28.7. The van der Waals surface area contributed by atoms with Gasteiger partial charge in [-0.25, -0.2) is 0 Å². The summed E-state index contributed by atoms with van der Waals surface area (Å²) < 4.78 is 0.639. The van der Waals surface area contributed by atoms with Gasteiger partial charge in [0.15, 0.2) is 0 Å². The standard InChI is InChI=1S/C15H20ClN3O2S/c16-13-4-3-12(22-13)15(21)18-8-5-10(6-9-18)19-7-1-2-11(19)14(17)20/h3-4,10-11H,1-2,5-9H2,(H2,17,20)/t11-/m0/s1. The predicted octanol–water partition coefficient (Wildman–Crippen LogP) is 1.96. The Balaban J connectivity index is 1.58. The number of hydrogen-bond donors (Lipinski definition) is 1. The van der Waals surface area contributed by atoms with Crippen LogP contribution in [0.2, 0.25) is 4.34 Å². The van der Waals surface area contributed by atoms with Crippen LogP contribution >= 0.6 is 22.9 Å². The average Bonchev–Trinajstić information content (AvgIpc) is 3.15. The van der Waals surface area contributed by atoms with Gasteiger partial charge in [0.25, 0.3) is 5.91 Å². The van der Waals surface area contributed by atoms with E-state index in [1.807, 2.05) is 4.90 Å². The Labute approximate surface area is 139 Å². The topological polar surface area (TPSA) is 66.6 Å². The molecule has 5 nitrogen and oxygen atoms in total. The second-order valence-corrected chi connectivity index (χ2v) is 7.64. The maximum Gasteiger partial charge on any atom is 0.263 e. The van der Waals surface area contributed by atoms with Gasteiger partial charge in [0.05, 0.1) is 15.3 Å². The number of primary amides is 1. The molecule has 0 aliphatic carbocycles. The molecule has 2 fully saturated rings. The molecule has 120 valence electrons. The summed E-state index contributed by atoms with van der Waals surface area (Å²) in [5.41, 5.74) is 5.49. The number of thiophene rings is 1. The zero-order valence-electron chi connectivity index (χ0n) is 12.3. The maximum atomic E-state index is 12.4. The molecular weight excluding hydrogens is 322 g/mol. The molecular formula is C15H20ClN3O2S. The maximum absolute atomic E-state index is 12.4. The van der Waals surface area contributed by atoms with Gasteiger partial charge in [-0.3, -0.25) is 14.5 Å². The highest BCUT2D eigenvalue weighted by atomic mass is 35.5. The van der Waals surface area contributed by atoms with Gasteiger partial charge >= 0.3 is 0 Å². The van der Waals surface area contributed by atoms with Crippen molar-refractivity contribution in [2.75, 3.05) is 19.6 Å². The fourth-order valence-corrected chi connectivity index (χ4v) is 4.53. The summed E-state index contributed by atoms with van der Waals surface area (Å²) in [7, 11) is 0. The Kier molecular flexibility index (Phi) is 4.70. The molecule has 3 heterocycles. The minimum absolute atomic E-state index is 0.0585. The number of rotatable bonds is 3. The van der Waals surface area contributed by atoms with E-state index in [0.29, 0.717) is 15.3 Å². The van der Waals surface area contributed by atoms with E-state index in [2.05, 4.69) is 4.90 Å². The first-order chi connectivity index (χ1) is 10.6. The first kappa shape index (κ1) is 15.8. The summed E-state index contributed by atoms with van der Waals surface area (Å²) in [5.74, 6) is -0.160. The van der Waals surface area contributed by atoms with E-state index < -0.39 is 0 Å². The van der Waals surface area contributed by atoms with Crippen LogP contribution in [0.4, 0.5) is 0 Å². The number of carbonyl (C=O) groups excluding carboxylic acids is 2. The normalized spacial score (nSPS) is 23.9. The van der Waals surface area contributed by atoms with E-state index >= 15 is 0 Å². The van der Waals surface area contributed by atoms with Crippen molar-refractivity contribution in [1.29, 1.82) is 0 Å². The molecule has 1 atom stereocenters. The van der Waals surface area contributed by atoms with Gasteiger partial charge in [-0.05, 0) is 44.4 Å². The van der Waals surface area contributed by atoms with Crippen LogP contribution in [0, 0.1) is 0 Å². The zero-order valence-corrected chi connectivity index (χ0v) is 13.9. The SMILES string of the molecule is NC(=O)[C@@H]1CCCN1C1CCN(C(=O)c2ccc(Cl)s2)CC1. The molecule has 0 unspecified atom stereocenters. The van der Waals surface area contributed by atoms with E-state index in [0.717, 1.165) is 45.3 Å². The van der Waals surface area contributed by atoms with Crippen molar-refractivity contribution in [2.24, 2.45) is 5.73 Å². The summed E-state index contributed by atoms with van der Waals surface area (Å²) in [6, 6.07) is 3.78. The molecule has 2 amide bonds. The third kappa shape index (κ3) is 3.14. The summed E-state index contributed by atoms with van der Waals surface area (Å²) in [5, 5.41) is 0. The number of halogens is 1. The zero-order chi connectivity index (χ0) is 15.7. The molecule has 0 bridgehead atoms. The highest BCUT2D eigenvalue weighted by Crippen LogP contribution is 2.28. The first-order valence-electron chi connectivity index (χ1n) is 7.66. The Bertz CT molecular complexity index is 569. The van der Waals surface area contributed by atoms with Crippen LogP contribution in [-0.2, 0) is 4.79 Å². The van der Waals surface area contributed by atoms with Gasteiger partial charge in [0, 0.05) is 19.1 Å². The van der Waals surface area contributed by atoms with Crippen LogP contribution in [-0.4, -0.2) is 53.3 Å². The van der Waals surface area contributed by atoms with Crippen LogP contribution in [0.15, 0.2) is 12.1 Å². The lowest BCUT2D eigenvalue weighted by atomic mass is 10.0. The van der Waals surface area contributed by atoms with Crippen LogP contribution in [0.25, 0.3) is 0 Å². The molecule has 1 aromatic rings. The molecule has 0 spiro atoms. The fraction of sp³-hybridized carbons (Fsp3) is 0.600. The Morgan fingerprint density at radius 1 is 1.18 bits per heavy atom. The van der Waals surface area contributed by atoms with Crippen molar-refractivity contribution in [2.45, 2.75) is 37.8 Å². The second-order valence-electron chi connectivity index (χ2n) is 5.93. The van der Waals surface area contributed by atoms with Crippen LogP contribution in [0.5, 0.6) is 0 Å². The highest BCUT2D eigenvalue weighted by molar-refractivity contribution is 7.17. The van der Waals surface area contributed by atoms with Gasteiger partial charge in [-0.1, -0.05) is 11.6 Å². The minimum Gasteiger partial charge on any atom is -0.368 e. The minimum atomic E-state index is -0.218. The van der Waals surface area contributed by atoms with Gasteiger partial charge in [0.2, 0.25) is 5.91 Å².